The SMILES string of the molecule is CC1CCc2c(sc3nc(-c4cccs4)c(CCN)n23)C1. The molecule has 110 valence electrons. The minimum Gasteiger partial charge on any atom is -0.330 e. The maximum atomic E-state index is 5.87. The van der Waals surface area contributed by atoms with Crippen LogP contribution in [0.1, 0.15) is 29.6 Å². The van der Waals surface area contributed by atoms with Crippen molar-refractivity contribution >= 4 is 27.6 Å². The fourth-order valence-electron chi connectivity index (χ4n) is 3.26. The molecule has 1 aliphatic carbocycles. The summed E-state index contributed by atoms with van der Waals surface area (Å²) in [5, 5.41) is 2.12. The molecule has 3 aromatic rings. The van der Waals surface area contributed by atoms with Crippen LogP contribution in [0.25, 0.3) is 15.5 Å². The first-order valence-electron chi connectivity index (χ1n) is 7.53. The van der Waals surface area contributed by atoms with Crippen LogP contribution >= 0.6 is 22.7 Å². The molecule has 0 saturated heterocycles. The van der Waals surface area contributed by atoms with Crippen molar-refractivity contribution in [2.45, 2.75) is 32.6 Å². The molecule has 4 rings (SSSR count). The summed E-state index contributed by atoms with van der Waals surface area (Å²) < 4.78 is 2.41. The first-order chi connectivity index (χ1) is 10.3. The normalized spacial score (nSPS) is 18.3. The Morgan fingerprint density at radius 2 is 2.38 bits per heavy atom. The van der Waals surface area contributed by atoms with Crippen LogP contribution < -0.4 is 5.73 Å². The number of fused-ring (bicyclic) bond motifs is 3. The van der Waals surface area contributed by atoms with Crippen LogP contribution in [0.5, 0.6) is 0 Å². The van der Waals surface area contributed by atoms with E-state index in [4.69, 9.17) is 10.7 Å². The van der Waals surface area contributed by atoms with Gasteiger partial charge in [0.2, 0.25) is 0 Å². The minimum atomic E-state index is 0.674. The van der Waals surface area contributed by atoms with Crippen LogP contribution in [0.2, 0.25) is 0 Å². The molecule has 0 bridgehead atoms. The van der Waals surface area contributed by atoms with Gasteiger partial charge in [-0.15, -0.1) is 22.7 Å². The zero-order valence-electron chi connectivity index (χ0n) is 12.1. The van der Waals surface area contributed by atoms with Crippen molar-refractivity contribution < 1.29 is 0 Å². The maximum Gasteiger partial charge on any atom is 0.194 e. The average Bonchev–Trinajstić information content (AvgIpc) is 3.14. The number of rotatable bonds is 3. The van der Waals surface area contributed by atoms with Crippen molar-refractivity contribution in [2.24, 2.45) is 11.7 Å². The van der Waals surface area contributed by atoms with Crippen LogP contribution in [0.3, 0.4) is 0 Å². The van der Waals surface area contributed by atoms with E-state index in [1.165, 1.54) is 40.4 Å². The highest BCUT2D eigenvalue weighted by Gasteiger charge is 2.25. The number of aromatic nitrogens is 2. The van der Waals surface area contributed by atoms with Crippen molar-refractivity contribution in [3.8, 4) is 10.6 Å². The molecule has 21 heavy (non-hydrogen) atoms. The van der Waals surface area contributed by atoms with Crippen LogP contribution in [-0.4, -0.2) is 15.9 Å². The Labute approximate surface area is 132 Å². The van der Waals surface area contributed by atoms with Gasteiger partial charge in [-0.05, 0) is 43.2 Å². The summed E-state index contributed by atoms with van der Waals surface area (Å²) in [6, 6.07) is 4.25. The lowest BCUT2D eigenvalue weighted by Crippen LogP contribution is -2.13. The molecule has 5 heteroatoms. The summed E-state index contributed by atoms with van der Waals surface area (Å²) in [5.74, 6) is 0.801. The lowest BCUT2D eigenvalue weighted by molar-refractivity contribution is 0.498. The lowest BCUT2D eigenvalue weighted by Gasteiger charge is -2.18. The van der Waals surface area contributed by atoms with Crippen LogP contribution in [0.15, 0.2) is 17.5 Å². The van der Waals surface area contributed by atoms with E-state index in [1.807, 2.05) is 11.3 Å². The average molecular weight is 317 g/mol. The second-order valence-electron chi connectivity index (χ2n) is 5.86. The molecule has 0 aliphatic heterocycles. The van der Waals surface area contributed by atoms with Crippen LogP contribution in [-0.2, 0) is 19.3 Å². The van der Waals surface area contributed by atoms with E-state index in [-0.39, 0.29) is 0 Å². The summed E-state index contributed by atoms with van der Waals surface area (Å²) in [7, 11) is 0. The van der Waals surface area contributed by atoms with E-state index in [9.17, 15) is 0 Å². The first-order valence-corrected chi connectivity index (χ1v) is 9.23. The van der Waals surface area contributed by atoms with Gasteiger partial charge in [-0.2, -0.15) is 0 Å². The Morgan fingerprint density at radius 3 is 3.14 bits per heavy atom. The first kappa shape index (κ1) is 13.5. The molecule has 3 aromatic heterocycles. The number of nitrogens with two attached hydrogens (primary N) is 1. The van der Waals surface area contributed by atoms with E-state index in [2.05, 4.69) is 28.8 Å². The Kier molecular flexibility index (Phi) is 3.36. The number of thiophene rings is 1. The number of hydrogen-bond acceptors (Lipinski definition) is 4. The highest BCUT2D eigenvalue weighted by Crippen LogP contribution is 2.37. The van der Waals surface area contributed by atoms with Gasteiger partial charge in [0.25, 0.3) is 0 Å². The fourth-order valence-corrected chi connectivity index (χ4v) is 5.35. The summed E-state index contributed by atoms with van der Waals surface area (Å²) in [6.07, 6.45) is 4.56. The van der Waals surface area contributed by atoms with Gasteiger partial charge >= 0.3 is 0 Å². The molecule has 3 nitrogen and oxygen atoms in total. The van der Waals surface area contributed by atoms with E-state index in [1.54, 1.807) is 11.3 Å². The second-order valence-corrected chi connectivity index (χ2v) is 7.87. The number of hydrogen-bond donors (Lipinski definition) is 1. The third-order valence-corrected chi connectivity index (χ3v) is 6.27. The Hall–Kier alpha value is -1.17. The molecule has 2 N–H and O–H groups in total. The third kappa shape index (κ3) is 2.15. The second kappa shape index (κ2) is 5.23. The molecule has 0 spiro atoms. The Bertz CT molecular complexity index is 767. The van der Waals surface area contributed by atoms with E-state index >= 15 is 0 Å². The monoisotopic (exact) mass is 317 g/mol. The van der Waals surface area contributed by atoms with Crippen molar-refractivity contribution in [1.29, 1.82) is 0 Å². The van der Waals surface area contributed by atoms with Crippen molar-refractivity contribution in [3.63, 3.8) is 0 Å². The van der Waals surface area contributed by atoms with Gasteiger partial charge in [-0.25, -0.2) is 4.98 Å². The lowest BCUT2D eigenvalue weighted by atomic mass is 9.93. The molecule has 1 aliphatic rings. The number of thiazole rings is 1. The number of imidazole rings is 1. The molecule has 1 unspecified atom stereocenters. The van der Waals surface area contributed by atoms with Crippen LogP contribution in [0, 0.1) is 5.92 Å². The molecular formula is C16H19N3S2. The standard InChI is InChI=1S/C16H19N3S2/c1-10-4-5-11-14(9-10)21-16-18-15(13-3-2-8-20-13)12(6-7-17)19(11)16/h2-3,8,10H,4-7,9,17H2,1H3. The van der Waals surface area contributed by atoms with Gasteiger partial charge in [-0.1, -0.05) is 13.0 Å². The smallest absolute Gasteiger partial charge is 0.194 e. The van der Waals surface area contributed by atoms with E-state index in [0.717, 1.165) is 23.0 Å². The molecule has 0 amide bonds. The van der Waals surface area contributed by atoms with Gasteiger partial charge in [0.15, 0.2) is 4.96 Å². The highest BCUT2D eigenvalue weighted by molar-refractivity contribution is 7.17. The van der Waals surface area contributed by atoms with Crippen LogP contribution in [0.4, 0.5) is 0 Å². The Morgan fingerprint density at radius 1 is 1.48 bits per heavy atom. The van der Waals surface area contributed by atoms with Crippen molar-refractivity contribution in [1.82, 2.24) is 9.38 Å². The largest absolute Gasteiger partial charge is 0.330 e. The number of aryl methyl sites for hydroxylation is 1. The van der Waals surface area contributed by atoms with Gasteiger partial charge in [0.1, 0.15) is 5.69 Å². The molecule has 3 heterocycles. The predicted molar refractivity (Wildman–Crippen MR) is 90.3 cm³/mol. The summed E-state index contributed by atoms with van der Waals surface area (Å²) in [6.45, 7) is 3.02. The highest BCUT2D eigenvalue weighted by atomic mass is 32.1. The quantitative estimate of drug-likeness (QED) is 0.799. The summed E-state index contributed by atoms with van der Waals surface area (Å²) in [4.78, 5) is 8.89. The van der Waals surface area contributed by atoms with Crippen molar-refractivity contribution in [2.75, 3.05) is 6.54 Å². The van der Waals surface area contributed by atoms with Gasteiger partial charge in [-0.3, -0.25) is 4.40 Å². The molecule has 0 fully saturated rings. The number of nitrogens with zero attached hydrogens (tertiary/aromatic N) is 2. The zero-order chi connectivity index (χ0) is 14.4. The van der Waals surface area contributed by atoms with Gasteiger partial charge in [0, 0.05) is 17.0 Å². The van der Waals surface area contributed by atoms with Gasteiger partial charge < -0.3 is 5.73 Å². The summed E-state index contributed by atoms with van der Waals surface area (Å²) in [5.41, 5.74) is 9.81. The molecule has 0 aromatic carbocycles. The molecule has 0 saturated carbocycles. The Balaban J connectivity index is 1.93. The topological polar surface area (TPSA) is 43.3 Å². The zero-order valence-corrected chi connectivity index (χ0v) is 13.8. The molecular weight excluding hydrogens is 298 g/mol. The molecule has 1 atom stereocenters. The third-order valence-electron chi connectivity index (χ3n) is 4.29. The predicted octanol–water partition coefficient (Wildman–Crippen LogP) is 3.75. The summed E-state index contributed by atoms with van der Waals surface area (Å²) >= 11 is 3.64. The fraction of sp³-hybridized carbons (Fsp3) is 0.438. The minimum absolute atomic E-state index is 0.674. The van der Waals surface area contributed by atoms with Crippen molar-refractivity contribution in [3.05, 3.63) is 33.8 Å². The molecule has 0 radical (unpaired) electrons. The van der Waals surface area contributed by atoms with E-state index < -0.39 is 0 Å². The van der Waals surface area contributed by atoms with E-state index in [0.29, 0.717) is 6.54 Å². The van der Waals surface area contributed by atoms with Gasteiger partial charge in [0.05, 0.1) is 10.6 Å². The maximum absolute atomic E-state index is 5.87.